The summed E-state index contributed by atoms with van der Waals surface area (Å²) in [6.45, 7) is 9.88. The molecule has 0 aliphatic carbocycles. The molecular weight excluding hydrogens is 424 g/mol. The number of pyridine rings is 1. The van der Waals surface area contributed by atoms with Crippen molar-refractivity contribution in [3.05, 3.63) is 59.9 Å². The Hall–Kier alpha value is -2.00. The summed E-state index contributed by atoms with van der Waals surface area (Å²) >= 11 is 0. The molecule has 1 aliphatic heterocycles. The molecule has 0 amide bonds. The topological polar surface area (TPSA) is 94.6 Å². The fourth-order valence-electron chi connectivity index (χ4n) is 4.12. The summed E-state index contributed by atoms with van der Waals surface area (Å²) in [6, 6.07) is 11.2. The SMILES string of the molecule is CC1(C)CCCN(S(=O)(=O)Nc2ccc(CC(C)(C)NC[C@H](O)c3cccnc3)cc2)C1. The summed E-state index contributed by atoms with van der Waals surface area (Å²) in [4.78, 5) is 4.05. The fourth-order valence-corrected chi connectivity index (χ4v) is 5.57. The van der Waals surface area contributed by atoms with Crippen molar-refractivity contribution in [2.75, 3.05) is 24.4 Å². The zero-order valence-corrected chi connectivity index (χ0v) is 20.3. The van der Waals surface area contributed by atoms with Crippen LogP contribution in [0.3, 0.4) is 0 Å². The highest BCUT2D eigenvalue weighted by Gasteiger charge is 2.33. The van der Waals surface area contributed by atoms with Crippen LogP contribution in [0.4, 0.5) is 5.69 Å². The van der Waals surface area contributed by atoms with Crippen LogP contribution in [-0.2, 0) is 16.6 Å². The summed E-state index contributed by atoms with van der Waals surface area (Å²) in [5, 5.41) is 13.8. The number of benzene rings is 1. The van der Waals surface area contributed by atoms with Gasteiger partial charge in [0.25, 0.3) is 0 Å². The Labute approximate surface area is 192 Å². The van der Waals surface area contributed by atoms with Crippen LogP contribution in [0, 0.1) is 5.41 Å². The van der Waals surface area contributed by atoms with E-state index in [2.05, 4.69) is 42.7 Å². The first-order chi connectivity index (χ1) is 15.0. The highest BCUT2D eigenvalue weighted by Crippen LogP contribution is 2.30. The van der Waals surface area contributed by atoms with Gasteiger partial charge >= 0.3 is 10.2 Å². The van der Waals surface area contributed by atoms with Crippen molar-refractivity contribution in [2.45, 2.75) is 58.6 Å². The molecule has 1 aromatic heterocycles. The molecule has 0 unspecified atom stereocenters. The minimum atomic E-state index is -3.56. The molecular formula is C24H36N4O3S. The van der Waals surface area contributed by atoms with Crippen molar-refractivity contribution in [3.63, 3.8) is 0 Å². The molecule has 7 nitrogen and oxygen atoms in total. The van der Waals surface area contributed by atoms with E-state index in [0.717, 1.165) is 30.4 Å². The quantitative estimate of drug-likeness (QED) is 0.532. The van der Waals surface area contributed by atoms with Gasteiger partial charge in [0.1, 0.15) is 0 Å². The van der Waals surface area contributed by atoms with Gasteiger partial charge in [-0.25, -0.2) is 0 Å². The van der Waals surface area contributed by atoms with E-state index in [9.17, 15) is 13.5 Å². The van der Waals surface area contributed by atoms with Crippen LogP contribution in [0.25, 0.3) is 0 Å². The number of anilines is 1. The van der Waals surface area contributed by atoms with Crippen LogP contribution in [-0.4, -0.2) is 48.0 Å². The number of β-amino-alcohol motifs (C(OH)–C–C–N with tert-alkyl or cyclic N) is 1. The Morgan fingerprint density at radius 1 is 1.22 bits per heavy atom. The molecule has 0 radical (unpaired) electrons. The first-order valence-corrected chi connectivity index (χ1v) is 12.6. The number of rotatable bonds is 9. The van der Waals surface area contributed by atoms with E-state index in [1.54, 1.807) is 16.7 Å². The van der Waals surface area contributed by atoms with Crippen molar-refractivity contribution >= 4 is 15.9 Å². The molecule has 0 saturated carbocycles. The summed E-state index contributed by atoms with van der Waals surface area (Å²) in [7, 11) is -3.56. The number of hydrogen-bond acceptors (Lipinski definition) is 5. The number of nitrogens with zero attached hydrogens (tertiary/aromatic N) is 2. The average molecular weight is 461 g/mol. The lowest BCUT2D eigenvalue weighted by atomic mass is 9.85. The van der Waals surface area contributed by atoms with Crippen molar-refractivity contribution < 1.29 is 13.5 Å². The molecule has 1 saturated heterocycles. The Morgan fingerprint density at radius 2 is 1.94 bits per heavy atom. The molecule has 0 spiro atoms. The van der Waals surface area contributed by atoms with E-state index in [0.29, 0.717) is 25.3 Å². The largest absolute Gasteiger partial charge is 0.387 e. The predicted octanol–water partition coefficient (Wildman–Crippen LogP) is 3.50. The van der Waals surface area contributed by atoms with E-state index in [4.69, 9.17) is 0 Å². The number of hydrogen-bond donors (Lipinski definition) is 3. The minimum absolute atomic E-state index is 0.0000400. The standard InChI is InChI=1S/C24H36N4O3S/c1-23(2)12-6-14-28(18-23)32(30,31)27-21-10-8-19(9-11-21)15-24(3,4)26-17-22(29)20-7-5-13-25-16-20/h5,7-11,13,16,22,26-27,29H,6,12,14-15,17-18H2,1-4H3/t22-/m0/s1. The second-order valence-corrected chi connectivity index (χ2v) is 11.8. The lowest BCUT2D eigenvalue weighted by Crippen LogP contribution is -2.45. The maximum atomic E-state index is 12.8. The monoisotopic (exact) mass is 460 g/mol. The van der Waals surface area contributed by atoms with E-state index >= 15 is 0 Å². The first-order valence-electron chi connectivity index (χ1n) is 11.2. The van der Waals surface area contributed by atoms with Crippen LogP contribution < -0.4 is 10.0 Å². The molecule has 1 fully saturated rings. The second kappa shape index (κ2) is 9.87. The number of nitrogens with one attached hydrogen (secondary N) is 2. The third-order valence-corrected chi connectivity index (χ3v) is 7.38. The van der Waals surface area contributed by atoms with E-state index < -0.39 is 16.3 Å². The summed E-state index contributed by atoms with van der Waals surface area (Å²) < 4.78 is 29.9. The third kappa shape index (κ3) is 7.00. The van der Waals surface area contributed by atoms with Crippen LogP contribution in [0.2, 0.25) is 0 Å². The Morgan fingerprint density at radius 3 is 2.56 bits per heavy atom. The first kappa shape index (κ1) is 24.6. The van der Waals surface area contributed by atoms with Crippen molar-refractivity contribution in [2.24, 2.45) is 5.41 Å². The number of aliphatic hydroxyl groups is 1. The lowest BCUT2D eigenvalue weighted by molar-refractivity contribution is 0.160. The van der Waals surface area contributed by atoms with Gasteiger partial charge in [-0.3, -0.25) is 9.71 Å². The maximum Gasteiger partial charge on any atom is 0.301 e. The number of piperidine rings is 1. The minimum Gasteiger partial charge on any atom is -0.387 e. The lowest BCUT2D eigenvalue weighted by Gasteiger charge is -2.37. The van der Waals surface area contributed by atoms with E-state index in [1.807, 2.05) is 36.4 Å². The van der Waals surface area contributed by atoms with Gasteiger partial charge in [0.05, 0.1) is 6.10 Å². The molecule has 1 aliphatic rings. The van der Waals surface area contributed by atoms with Crippen molar-refractivity contribution in [3.8, 4) is 0 Å². The molecule has 32 heavy (non-hydrogen) atoms. The smallest absolute Gasteiger partial charge is 0.301 e. The normalized spacial score (nSPS) is 18.3. The molecule has 2 aromatic rings. The number of aromatic nitrogens is 1. The molecule has 2 heterocycles. The van der Waals surface area contributed by atoms with Gasteiger partial charge in [-0.1, -0.05) is 32.0 Å². The summed E-state index contributed by atoms with van der Waals surface area (Å²) in [6.07, 6.45) is 5.38. The molecule has 3 N–H and O–H groups in total. The van der Waals surface area contributed by atoms with E-state index in [1.165, 1.54) is 0 Å². The van der Waals surface area contributed by atoms with Gasteiger partial charge in [0.15, 0.2) is 0 Å². The Bertz CT molecular complexity index is 976. The zero-order valence-electron chi connectivity index (χ0n) is 19.5. The summed E-state index contributed by atoms with van der Waals surface area (Å²) in [5.74, 6) is 0. The molecule has 176 valence electrons. The highest BCUT2D eigenvalue weighted by atomic mass is 32.2. The van der Waals surface area contributed by atoms with Gasteiger partial charge in [-0.05, 0) is 62.3 Å². The summed E-state index contributed by atoms with van der Waals surface area (Å²) in [5.41, 5.74) is 2.18. The Balaban J connectivity index is 1.55. The number of aliphatic hydroxyl groups excluding tert-OH is 1. The molecule has 3 rings (SSSR count). The van der Waals surface area contributed by atoms with Gasteiger partial charge < -0.3 is 10.4 Å². The molecule has 0 bridgehead atoms. The van der Waals surface area contributed by atoms with Gasteiger partial charge in [-0.15, -0.1) is 0 Å². The van der Waals surface area contributed by atoms with Crippen molar-refractivity contribution in [1.82, 2.24) is 14.6 Å². The van der Waals surface area contributed by atoms with Crippen molar-refractivity contribution in [1.29, 1.82) is 0 Å². The van der Waals surface area contributed by atoms with Gasteiger partial charge in [-0.2, -0.15) is 12.7 Å². The van der Waals surface area contributed by atoms with Crippen LogP contribution in [0.15, 0.2) is 48.8 Å². The molecule has 1 aromatic carbocycles. The average Bonchev–Trinajstić information content (AvgIpc) is 2.73. The van der Waals surface area contributed by atoms with E-state index in [-0.39, 0.29) is 11.0 Å². The third-order valence-electron chi connectivity index (χ3n) is 5.90. The van der Waals surface area contributed by atoms with Crippen LogP contribution in [0.5, 0.6) is 0 Å². The Kier molecular flexibility index (Phi) is 7.60. The predicted molar refractivity (Wildman–Crippen MR) is 129 cm³/mol. The zero-order chi connectivity index (χ0) is 23.4. The molecule has 8 heteroatoms. The van der Waals surface area contributed by atoms with Gasteiger partial charge in [0.2, 0.25) is 0 Å². The second-order valence-electron chi connectivity index (χ2n) is 10.1. The van der Waals surface area contributed by atoms with Crippen LogP contribution >= 0.6 is 0 Å². The van der Waals surface area contributed by atoms with Gasteiger partial charge in [0, 0.05) is 48.8 Å². The fraction of sp³-hybridized carbons (Fsp3) is 0.542. The molecule has 1 atom stereocenters. The maximum absolute atomic E-state index is 12.8. The highest BCUT2D eigenvalue weighted by molar-refractivity contribution is 7.90. The van der Waals surface area contributed by atoms with Crippen LogP contribution in [0.1, 0.15) is 57.8 Å².